The van der Waals surface area contributed by atoms with Crippen LogP contribution < -0.4 is 5.32 Å². The van der Waals surface area contributed by atoms with Crippen molar-refractivity contribution in [2.75, 3.05) is 39.6 Å². The number of ether oxygens (including phenoxy) is 1. The van der Waals surface area contributed by atoms with Gasteiger partial charge in [-0.25, -0.2) is 0 Å². The van der Waals surface area contributed by atoms with Crippen LogP contribution in [0.1, 0.15) is 18.4 Å². The molecule has 1 aliphatic rings. The van der Waals surface area contributed by atoms with Gasteiger partial charge in [0, 0.05) is 45.9 Å². The molecule has 134 valence electrons. The van der Waals surface area contributed by atoms with Gasteiger partial charge in [0.15, 0.2) is 0 Å². The number of hydrogen-bond donors (Lipinski definition) is 1. The van der Waals surface area contributed by atoms with Crippen LogP contribution in [0.5, 0.6) is 0 Å². The van der Waals surface area contributed by atoms with Crippen molar-refractivity contribution in [3.8, 4) is 0 Å². The van der Waals surface area contributed by atoms with Crippen molar-refractivity contribution in [1.82, 2.24) is 8.61 Å². The van der Waals surface area contributed by atoms with Crippen molar-refractivity contribution in [2.24, 2.45) is 5.92 Å². The van der Waals surface area contributed by atoms with Crippen LogP contribution in [0.2, 0.25) is 0 Å². The standard InChI is InChI=1S/C16H25N3O4S/c1-18(2)24(21,22)19-9-7-14(8-10-19)16(20)17-15-6-4-5-13(11-15)12-23-3/h4-6,11,14H,7-10,12H2,1-3H3,(H,17,20). The van der Waals surface area contributed by atoms with Crippen LogP contribution in [0.25, 0.3) is 0 Å². The lowest BCUT2D eigenvalue weighted by molar-refractivity contribution is -0.120. The Labute approximate surface area is 143 Å². The molecule has 2 rings (SSSR count). The number of anilines is 1. The molecule has 1 aliphatic heterocycles. The number of amides is 1. The van der Waals surface area contributed by atoms with Crippen LogP contribution in [0.4, 0.5) is 5.69 Å². The van der Waals surface area contributed by atoms with Crippen LogP contribution in [0.15, 0.2) is 24.3 Å². The Morgan fingerprint density at radius 1 is 1.33 bits per heavy atom. The average molecular weight is 355 g/mol. The third kappa shape index (κ3) is 4.54. The smallest absolute Gasteiger partial charge is 0.281 e. The summed E-state index contributed by atoms with van der Waals surface area (Å²) in [6.07, 6.45) is 1.05. The molecule has 1 heterocycles. The first kappa shape index (κ1) is 18.9. The van der Waals surface area contributed by atoms with E-state index in [1.165, 1.54) is 22.7 Å². The van der Waals surface area contributed by atoms with E-state index < -0.39 is 10.2 Å². The number of nitrogens with zero attached hydrogens (tertiary/aromatic N) is 2. The minimum Gasteiger partial charge on any atom is -0.380 e. The zero-order chi connectivity index (χ0) is 17.7. The Balaban J connectivity index is 1.92. The van der Waals surface area contributed by atoms with Crippen molar-refractivity contribution in [1.29, 1.82) is 0 Å². The van der Waals surface area contributed by atoms with Crippen LogP contribution in [-0.2, 0) is 26.3 Å². The van der Waals surface area contributed by atoms with Gasteiger partial charge in [-0.1, -0.05) is 12.1 Å². The molecular formula is C16H25N3O4S. The summed E-state index contributed by atoms with van der Waals surface area (Å²) in [5.74, 6) is -0.240. The molecule has 0 bridgehead atoms. The van der Waals surface area contributed by atoms with Gasteiger partial charge in [0.25, 0.3) is 10.2 Å². The minimum atomic E-state index is -3.40. The zero-order valence-corrected chi connectivity index (χ0v) is 15.2. The summed E-state index contributed by atoms with van der Waals surface area (Å²) in [4.78, 5) is 12.4. The molecule has 1 saturated heterocycles. The molecule has 1 aromatic carbocycles. The van der Waals surface area contributed by atoms with E-state index in [9.17, 15) is 13.2 Å². The summed E-state index contributed by atoms with van der Waals surface area (Å²) in [6.45, 7) is 1.22. The molecule has 0 spiro atoms. The highest BCUT2D eigenvalue weighted by atomic mass is 32.2. The van der Waals surface area contributed by atoms with Gasteiger partial charge >= 0.3 is 0 Å². The number of carbonyl (C=O) groups is 1. The maximum Gasteiger partial charge on any atom is 0.281 e. The summed E-state index contributed by atoms with van der Waals surface area (Å²) in [5, 5.41) is 2.91. The summed E-state index contributed by atoms with van der Waals surface area (Å²) >= 11 is 0. The first-order chi connectivity index (χ1) is 11.3. The minimum absolute atomic E-state index is 0.0635. The lowest BCUT2D eigenvalue weighted by Gasteiger charge is -2.32. The van der Waals surface area contributed by atoms with Gasteiger partial charge in [0.2, 0.25) is 5.91 Å². The van der Waals surface area contributed by atoms with Gasteiger partial charge in [-0.05, 0) is 30.5 Å². The summed E-state index contributed by atoms with van der Waals surface area (Å²) in [6, 6.07) is 7.52. The molecule has 24 heavy (non-hydrogen) atoms. The summed E-state index contributed by atoms with van der Waals surface area (Å²) < 4.78 is 31.9. The Hall–Kier alpha value is -1.48. The fourth-order valence-corrected chi connectivity index (χ4v) is 3.86. The molecule has 0 aromatic heterocycles. The fraction of sp³-hybridized carbons (Fsp3) is 0.562. The van der Waals surface area contributed by atoms with Crippen molar-refractivity contribution in [3.63, 3.8) is 0 Å². The molecule has 8 heteroatoms. The van der Waals surface area contributed by atoms with Crippen LogP contribution in [0.3, 0.4) is 0 Å². The van der Waals surface area contributed by atoms with Gasteiger partial charge < -0.3 is 10.1 Å². The number of benzene rings is 1. The quantitative estimate of drug-likeness (QED) is 0.834. The maximum atomic E-state index is 12.4. The molecule has 0 saturated carbocycles. The second-order valence-corrected chi connectivity index (χ2v) is 8.23. The SMILES string of the molecule is COCc1cccc(NC(=O)C2CCN(S(=O)(=O)N(C)C)CC2)c1. The third-order valence-corrected chi connectivity index (χ3v) is 6.06. The molecule has 0 atom stereocenters. The average Bonchev–Trinajstić information content (AvgIpc) is 2.55. The summed E-state index contributed by atoms with van der Waals surface area (Å²) in [5.41, 5.74) is 1.72. The molecular weight excluding hydrogens is 330 g/mol. The van der Waals surface area contributed by atoms with Crippen LogP contribution in [0, 0.1) is 5.92 Å². The van der Waals surface area contributed by atoms with E-state index in [-0.39, 0.29) is 11.8 Å². The van der Waals surface area contributed by atoms with Gasteiger partial charge in [-0.2, -0.15) is 17.0 Å². The van der Waals surface area contributed by atoms with Crippen LogP contribution in [-0.4, -0.2) is 57.2 Å². The molecule has 1 amide bonds. The van der Waals surface area contributed by atoms with Crippen molar-refractivity contribution >= 4 is 21.8 Å². The van der Waals surface area contributed by atoms with Crippen molar-refractivity contribution < 1.29 is 17.9 Å². The second-order valence-electron chi connectivity index (χ2n) is 6.09. The molecule has 0 aliphatic carbocycles. The Kier molecular flexibility index (Phi) is 6.34. The second kappa shape index (κ2) is 8.06. The summed E-state index contributed by atoms with van der Waals surface area (Å²) in [7, 11) is 1.26. The van der Waals surface area contributed by atoms with Crippen molar-refractivity contribution in [2.45, 2.75) is 19.4 Å². The zero-order valence-electron chi connectivity index (χ0n) is 14.4. The van der Waals surface area contributed by atoms with Gasteiger partial charge in [0.1, 0.15) is 0 Å². The predicted molar refractivity (Wildman–Crippen MR) is 92.7 cm³/mol. The first-order valence-electron chi connectivity index (χ1n) is 7.91. The first-order valence-corrected chi connectivity index (χ1v) is 9.30. The molecule has 1 N–H and O–H groups in total. The third-order valence-electron chi connectivity index (χ3n) is 4.12. The molecule has 1 aromatic rings. The van der Waals surface area contributed by atoms with E-state index in [1.54, 1.807) is 7.11 Å². The largest absolute Gasteiger partial charge is 0.380 e. The Morgan fingerprint density at radius 3 is 2.58 bits per heavy atom. The molecule has 0 unspecified atom stereocenters. The Morgan fingerprint density at radius 2 is 2.00 bits per heavy atom. The number of piperidine rings is 1. The number of hydrogen-bond acceptors (Lipinski definition) is 4. The Bertz CT molecular complexity index is 668. The monoisotopic (exact) mass is 355 g/mol. The van der Waals surface area contributed by atoms with E-state index >= 15 is 0 Å². The lowest BCUT2D eigenvalue weighted by Crippen LogP contribution is -2.46. The molecule has 7 nitrogen and oxygen atoms in total. The normalized spacial score (nSPS) is 17.2. The van der Waals surface area contributed by atoms with E-state index in [2.05, 4.69) is 5.32 Å². The van der Waals surface area contributed by atoms with Gasteiger partial charge in [0.05, 0.1) is 6.61 Å². The predicted octanol–water partition coefficient (Wildman–Crippen LogP) is 1.29. The van der Waals surface area contributed by atoms with Crippen LogP contribution >= 0.6 is 0 Å². The molecule has 1 fully saturated rings. The highest BCUT2D eigenvalue weighted by Crippen LogP contribution is 2.22. The van der Waals surface area contributed by atoms with E-state index in [1.807, 2.05) is 24.3 Å². The highest BCUT2D eigenvalue weighted by molar-refractivity contribution is 7.86. The lowest BCUT2D eigenvalue weighted by atomic mass is 9.97. The number of rotatable bonds is 6. The topological polar surface area (TPSA) is 79.0 Å². The number of carbonyl (C=O) groups excluding carboxylic acids is 1. The van der Waals surface area contributed by atoms with E-state index in [0.29, 0.717) is 32.5 Å². The van der Waals surface area contributed by atoms with E-state index in [0.717, 1.165) is 11.3 Å². The van der Waals surface area contributed by atoms with Crippen molar-refractivity contribution in [3.05, 3.63) is 29.8 Å². The molecule has 0 radical (unpaired) electrons. The fourth-order valence-electron chi connectivity index (χ4n) is 2.73. The highest BCUT2D eigenvalue weighted by Gasteiger charge is 2.32. The van der Waals surface area contributed by atoms with Gasteiger partial charge in [-0.15, -0.1) is 0 Å². The number of nitrogens with one attached hydrogen (secondary N) is 1. The van der Waals surface area contributed by atoms with E-state index in [4.69, 9.17) is 4.74 Å². The maximum absolute atomic E-state index is 12.4. The number of methoxy groups -OCH3 is 1. The van der Waals surface area contributed by atoms with Gasteiger partial charge in [-0.3, -0.25) is 4.79 Å².